The molecule has 114 valence electrons. The van der Waals surface area contributed by atoms with Gasteiger partial charge in [-0.2, -0.15) is 4.31 Å². The van der Waals surface area contributed by atoms with Crippen molar-refractivity contribution in [3.63, 3.8) is 0 Å². The molecule has 0 saturated heterocycles. The van der Waals surface area contributed by atoms with Crippen LogP contribution >= 0.6 is 0 Å². The van der Waals surface area contributed by atoms with Crippen LogP contribution in [-0.4, -0.2) is 51.4 Å². The van der Waals surface area contributed by atoms with Crippen LogP contribution in [-0.2, 0) is 10.0 Å². The van der Waals surface area contributed by atoms with E-state index in [1.807, 2.05) is 21.0 Å². The first kappa shape index (κ1) is 16.9. The number of anilines is 1. The predicted octanol–water partition coefficient (Wildman–Crippen LogP) is 1.54. The second kappa shape index (κ2) is 7.06. The van der Waals surface area contributed by atoms with Crippen molar-refractivity contribution in [3.05, 3.63) is 23.8 Å². The molecule has 20 heavy (non-hydrogen) atoms. The van der Waals surface area contributed by atoms with E-state index < -0.39 is 10.0 Å². The molecular weight excluding hydrogens is 274 g/mol. The number of aryl methyl sites for hydroxylation is 1. The number of sulfonamides is 1. The lowest BCUT2D eigenvalue weighted by Crippen LogP contribution is -2.33. The van der Waals surface area contributed by atoms with E-state index in [1.54, 1.807) is 25.1 Å². The SMILES string of the molecule is CCN(CCCN(C)C)S(=O)(=O)c1ccc(N)cc1C. The Morgan fingerprint density at radius 1 is 1.20 bits per heavy atom. The lowest BCUT2D eigenvalue weighted by atomic mass is 10.2. The molecule has 0 saturated carbocycles. The summed E-state index contributed by atoms with van der Waals surface area (Å²) >= 11 is 0. The van der Waals surface area contributed by atoms with E-state index in [2.05, 4.69) is 4.90 Å². The summed E-state index contributed by atoms with van der Waals surface area (Å²) in [5.41, 5.74) is 6.95. The molecule has 1 aromatic carbocycles. The quantitative estimate of drug-likeness (QED) is 0.776. The summed E-state index contributed by atoms with van der Waals surface area (Å²) in [7, 11) is 0.525. The number of rotatable bonds is 7. The van der Waals surface area contributed by atoms with Crippen molar-refractivity contribution in [1.82, 2.24) is 9.21 Å². The Kier molecular flexibility index (Phi) is 5.98. The second-order valence-electron chi connectivity index (χ2n) is 5.18. The molecule has 0 amide bonds. The van der Waals surface area contributed by atoms with E-state index in [-0.39, 0.29) is 0 Å². The molecule has 0 aromatic heterocycles. The maximum atomic E-state index is 12.6. The van der Waals surface area contributed by atoms with Gasteiger partial charge >= 0.3 is 0 Å². The highest BCUT2D eigenvalue weighted by Crippen LogP contribution is 2.22. The van der Waals surface area contributed by atoms with E-state index in [0.717, 1.165) is 13.0 Å². The fraction of sp³-hybridized carbons (Fsp3) is 0.571. The molecule has 0 fully saturated rings. The van der Waals surface area contributed by atoms with E-state index in [4.69, 9.17) is 5.73 Å². The highest BCUT2D eigenvalue weighted by Gasteiger charge is 2.24. The van der Waals surface area contributed by atoms with Crippen molar-refractivity contribution in [2.45, 2.75) is 25.2 Å². The molecule has 2 N–H and O–H groups in total. The summed E-state index contributed by atoms with van der Waals surface area (Å²) in [5.74, 6) is 0. The Balaban J connectivity index is 2.94. The van der Waals surface area contributed by atoms with Crippen LogP contribution < -0.4 is 5.73 Å². The van der Waals surface area contributed by atoms with Gasteiger partial charge in [0.1, 0.15) is 0 Å². The van der Waals surface area contributed by atoms with Crippen LogP contribution in [0.1, 0.15) is 18.9 Å². The third-order valence-electron chi connectivity index (χ3n) is 3.18. The molecule has 0 atom stereocenters. The fourth-order valence-electron chi connectivity index (χ4n) is 2.11. The van der Waals surface area contributed by atoms with Gasteiger partial charge in [-0.15, -0.1) is 0 Å². The molecule has 0 bridgehead atoms. The number of hydrogen-bond acceptors (Lipinski definition) is 4. The summed E-state index contributed by atoms with van der Waals surface area (Å²) in [6.07, 6.45) is 0.814. The summed E-state index contributed by atoms with van der Waals surface area (Å²) in [6, 6.07) is 4.92. The minimum atomic E-state index is -3.44. The monoisotopic (exact) mass is 299 g/mol. The zero-order valence-electron chi connectivity index (χ0n) is 12.8. The Morgan fingerprint density at radius 2 is 1.85 bits per heavy atom. The van der Waals surface area contributed by atoms with Crippen molar-refractivity contribution < 1.29 is 8.42 Å². The maximum Gasteiger partial charge on any atom is 0.243 e. The lowest BCUT2D eigenvalue weighted by Gasteiger charge is -2.22. The summed E-state index contributed by atoms with van der Waals surface area (Å²) < 4.78 is 26.8. The number of nitrogen functional groups attached to an aromatic ring is 1. The molecule has 1 rings (SSSR count). The molecule has 0 radical (unpaired) electrons. The Bertz CT molecular complexity index is 541. The topological polar surface area (TPSA) is 66.6 Å². The number of benzene rings is 1. The molecule has 1 aromatic rings. The highest BCUT2D eigenvalue weighted by atomic mass is 32.2. The van der Waals surface area contributed by atoms with Gasteiger partial charge in [-0.25, -0.2) is 8.42 Å². The number of hydrogen-bond donors (Lipinski definition) is 1. The van der Waals surface area contributed by atoms with Gasteiger partial charge in [0, 0.05) is 18.8 Å². The normalized spacial score (nSPS) is 12.3. The van der Waals surface area contributed by atoms with Crippen LogP contribution in [0.5, 0.6) is 0 Å². The minimum absolute atomic E-state index is 0.346. The molecule has 0 spiro atoms. The van der Waals surface area contributed by atoms with Crippen LogP contribution in [0.3, 0.4) is 0 Å². The molecule has 0 unspecified atom stereocenters. The fourth-order valence-corrected chi connectivity index (χ4v) is 3.81. The van der Waals surface area contributed by atoms with Crippen molar-refractivity contribution in [2.24, 2.45) is 0 Å². The van der Waals surface area contributed by atoms with E-state index in [9.17, 15) is 8.42 Å². The first-order valence-corrected chi connectivity index (χ1v) is 8.24. The molecule has 0 aliphatic heterocycles. The standard InChI is InChI=1S/C14H25N3O2S/c1-5-17(10-6-9-16(3)4)20(18,19)14-8-7-13(15)11-12(14)2/h7-8,11H,5-6,9-10,15H2,1-4H3. The second-order valence-corrected chi connectivity index (χ2v) is 7.08. The van der Waals surface area contributed by atoms with Gasteiger partial charge in [0.25, 0.3) is 0 Å². The van der Waals surface area contributed by atoms with Crippen LogP contribution in [0, 0.1) is 6.92 Å². The average molecular weight is 299 g/mol. The molecule has 0 aliphatic rings. The summed E-state index contributed by atoms with van der Waals surface area (Å²) in [5, 5.41) is 0. The molecule has 0 heterocycles. The van der Waals surface area contributed by atoms with Crippen molar-refractivity contribution in [1.29, 1.82) is 0 Å². The summed E-state index contributed by atoms with van der Waals surface area (Å²) in [6.45, 7) is 5.50. The van der Waals surface area contributed by atoms with Crippen LogP contribution in [0.2, 0.25) is 0 Å². The van der Waals surface area contributed by atoms with Gasteiger partial charge in [0.15, 0.2) is 0 Å². The first-order valence-electron chi connectivity index (χ1n) is 6.80. The number of nitrogens with zero attached hydrogens (tertiary/aromatic N) is 2. The zero-order chi connectivity index (χ0) is 15.3. The van der Waals surface area contributed by atoms with Crippen LogP contribution in [0.15, 0.2) is 23.1 Å². The van der Waals surface area contributed by atoms with Crippen molar-refractivity contribution >= 4 is 15.7 Å². The maximum absolute atomic E-state index is 12.6. The van der Waals surface area contributed by atoms with E-state index in [1.165, 1.54) is 4.31 Å². The molecule has 0 aliphatic carbocycles. The zero-order valence-corrected chi connectivity index (χ0v) is 13.6. The van der Waals surface area contributed by atoms with Gasteiger partial charge in [-0.3, -0.25) is 0 Å². The third kappa shape index (κ3) is 4.19. The third-order valence-corrected chi connectivity index (χ3v) is 5.32. The van der Waals surface area contributed by atoms with Crippen molar-refractivity contribution in [2.75, 3.05) is 39.5 Å². The van der Waals surface area contributed by atoms with Gasteiger partial charge in [-0.05, 0) is 57.7 Å². The minimum Gasteiger partial charge on any atom is -0.399 e. The lowest BCUT2D eigenvalue weighted by molar-refractivity contribution is 0.356. The van der Waals surface area contributed by atoms with Gasteiger partial charge in [0.05, 0.1) is 4.90 Å². The highest BCUT2D eigenvalue weighted by molar-refractivity contribution is 7.89. The molecular formula is C14H25N3O2S. The van der Waals surface area contributed by atoms with Crippen LogP contribution in [0.25, 0.3) is 0 Å². The molecule has 5 nitrogen and oxygen atoms in total. The van der Waals surface area contributed by atoms with Gasteiger partial charge in [0.2, 0.25) is 10.0 Å². The van der Waals surface area contributed by atoms with E-state index >= 15 is 0 Å². The Morgan fingerprint density at radius 3 is 2.35 bits per heavy atom. The predicted molar refractivity (Wildman–Crippen MR) is 83.2 cm³/mol. The van der Waals surface area contributed by atoms with E-state index in [0.29, 0.717) is 29.2 Å². The molecule has 6 heteroatoms. The number of nitrogens with two attached hydrogens (primary N) is 1. The smallest absolute Gasteiger partial charge is 0.243 e. The Hall–Kier alpha value is -1.11. The van der Waals surface area contributed by atoms with Crippen LogP contribution in [0.4, 0.5) is 5.69 Å². The Labute approximate surface area is 122 Å². The van der Waals surface area contributed by atoms with Gasteiger partial charge in [-0.1, -0.05) is 6.92 Å². The van der Waals surface area contributed by atoms with Crippen molar-refractivity contribution in [3.8, 4) is 0 Å². The average Bonchev–Trinajstić information content (AvgIpc) is 2.33. The van der Waals surface area contributed by atoms with Gasteiger partial charge < -0.3 is 10.6 Å². The largest absolute Gasteiger partial charge is 0.399 e. The summed E-state index contributed by atoms with van der Waals surface area (Å²) in [4.78, 5) is 2.40. The first-order chi connectivity index (χ1) is 9.28.